The van der Waals surface area contributed by atoms with Gasteiger partial charge < -0.3 is 10.6 Å². The Balaban J connectivity index is 1.39. The van der Waals surface area contributed by atoms with Gasteiger partial charge in [0.25, 0.3) is 0 Å². The molecule has 1 amide bonds. The third-order valence-electron chi connectivity index (χ3n) is 3.44. The van der Waals surface area contributed by atoms with Crippen molar-refractivity contribution in [3.63, 3.8) is 0 Å². The summed E-state index contributed by atoms with van der Waals surface area (Å²) in [7, 11) is 0. The van der Waals surface area contributed by atoms with E-state index < -0.39 is 0 Å². The largest absolute Gasteiger partial charge is 0.385 e. The van der Waals surface area contributed by atoms with Gasteiger partial charge in [-0.1, -0.05) is 30.3 Å². The van der Waals surface area contributed by atoms with Crippen LogP contribution < -0.4 is 10.6 Å². The average molecular weight is 337 g/mol. The lowest BCUT2D eigenvalue weighted by Gasteiger charge is -2.06. The fourth-order valence-corrected chi connectivity index (χ4v) is 3.13. The van der Waals surface area contributed by atoms with Crippen molar-refractivity contribution >= 4 is 39.2 Å². The van der Waals surface area contributed by atoms with Crippen molar-refractivity contribution < 1.29 is 4.79 Å². The number of carbonyl (C=O) groups is 1. The highest BCUT2D eigenvalue weighted by molar-refractivity contribution is 7.19. The molecule has 0 saturated carbocycles. The van der Waals surface area contributed by atoms with E-state index in [2.05, 4.69) is 15.6 Å². The molecule has 3 aromatic rings. The maximum Gasteiger partial charge on any atom is 0.244 e. The number of aromatic nitrogens is 1. The molecule has 122 valence electrons. The molecule has 0 aliphatic rings. The predicted octanol–water partition coefficient (Wildman–Crippen LogP) is 3.93. The molecule has 0 bridgehead atoms. The molecule has 24 heavy (non-hydrogen) atoms. The van der Waals surface area contributed by atoms with Gasteiger partial charge >= 0.3 is 0 Å². The van der Waals surface area contributed by atoms with Gasteiger partial charge in [-0.15, -0.1) is 11.3 Å². The molecule has 0 atom stereocenters. The fourth-order valence-electron chi connectivity index (χ4n) is 2.26. The smallest absolute Gasteiger partial charge is 0.244 e. The number of nitrogens with one attached hydrogen (secondary N) is 2. The molecule has 0 aliphatic carbocycles. The van der Waals surface area contributed by atoms with Gasteiger partial charge in [-0.2, -0.15) is 0 Å². The van der Waals surface area contributed by atoms with E-state index in [-0.39, 0.29) is 5.91 Å². The number of anilines is 1. The number of fused-ring (bicyclic) bond motifs is 1. The monoisotopic (exact) mass is 337 g/mol. The second kappa shape index (κ2) is 8.26. The number of hydrogen-bond donors (Lipinski definition) is 2. The van der Waals surface area contributed by atoms with Crippen LogP contribution in [0.5, 0.6) is 0 Å². The summed E-state index contributed by atoms with van der Waals surface area (Å²) in [5, 5.41) is 7.04. The Bertz CT molecular complexity index is 794. The average Bonchev–Trinajstić information content (AvgIpc) is 3.03. The first-order valence-corrected chi connectivity index (χ1v) is 8.73. The Hall–Kier alpha value is -2.66. The quantitative estimate of drug-likeness (QED) is 0.507. The number of hydrogen-bond acceptors (Lipinski definition) is 4. The van der Waals surface area contributed by atoms with E-state index in [1.807, 2.05) is 54.6 Å². The third kappa shape index (κ3) is 4.67. The Morgan fingerprint density at radius 2 is 1.83 bits per heavy atom. The minimum Gasteiger partial charge on any atom is -0.385 e. The van der Waals surface area contributed by atoms with Crippen molar-refractivity contribution in [2.75, 3.05) is 18.4 Å². The molecule has 2 aromatic carbocycles. The number of carbonyl (C=O) groups excluding carboxylic acids is 1. The normalized spacial score (nSPS) is 11.0. The number of para-hydroxylation sites is 2. The van der Waals surface area contributed by atoms with Crippen molar-refractivity contribution in [1.29, 1.82) is 0 Å². The molecule has 0 spiro atoms. The third-order valence-corrected chi connectivity index (χ3v) is 4.45. The van der Waals surface area contributed by atoms with Gasteiger partial charge in [0.15, 0.2) is 0 Å². The Morgan fingerprint density at radius 1 is 1.04 bits per heavy atom. The summed E-state index contributed by atoms with van der Waals surface area (Å²) in [6.07, 6.45) is 4.18. The van der Waals surface area contributed by atoms with Gasteiger partial charge in [-0.05, 0) is 36.8 Å². The van der Waals surface area contributed by atoms with E-state index >= 15 is 0 Å². The van der Waals surface area contributed by atoms with Crippen molar-refractivity contribution in [1.82, 2.24) is 10.3 Å². The van der Waals surface area contributed by atoms with E-state index in [1.54, 1.807) is 23.5 Å². The molecule has 2 N–H and O–H groups in total. The summed E-state index contributed by atoms with van der Waals surface area (Å²) in [5.41, 5.74) is 2.06. The van der Waals surface area contributed by atoms with E-state index in [0.717, 1.165) is 33.9 Å². The second-order valence-corrected chi connectivity index (χ2v) is 6.35. The summed E-state index contributed by atoms with van der Waals surface area (Å²) in [6, 6.07) is 18.0. The van der Waals surface area contributed by atoms with Crippen molar-refractivity contribution in [3.05, 3.63) is 65.7 Å². The second-order valence-electron chi connectivity index (χ2n) is 5.29. The van der Waals surface area contributed by atoms with E-state index in [9.17, 15) is 4.79 Å². The van der Waals surface area contributed by atoms with Crippen LogP contribution in [0.3, 0.4) is 0 Å². The van der Waals surface area contributed by atoms with Crippen LogP contribution in [0, 0.1) is 0 Å². The highest BCUT2D eigenvalue weighted by Crippen LogP contribution is 2.22. The van der Waals surface area contributed by atoms with Gasteiger partial charge in [0.1, 0.15) is 5.01 Å². The maximum absolute atomic E-state index is 11.8. The standard InChI is InChI=1S/C19H19N3OS/c23-18(21-14-6-13-20-15-7-2-1-3-8-15)11-12-19-22-16-9-4-5-10-17(16)24-19/h1-5,7-12,20H,6,13-14H2,(H,21,23). The molecular weight excluding hydrogens is 318 g/mol. The summed E-state index contributed by atoms with van der Waals surface area (Å²) in [6.45, 7) is 1.47. The highest BCUT2D eigenvalue weighted by atomic mass is 32.1. The molecule has 4 nitrogen and oxygen atoms in total. The van der Waals surface area contributed by atoms with E-state index in [1.165, 1.54) is 0 Å². The minimum absolute atomic E-state index is 0.0889. The molecule has 0 saturated heterocycles. The van der Waals surface area contributed by atoms with Crippen LogP contribution in [0.4, 0.5) is 5.69 Å². The molecule has 5 heteroatoms. The lowest BCUT2D eigenvalue weighted by molar-refractivity contribution is -0.116. The molecule has 3 rings (SSSR count). The number of benzene rings is 2. The first kappa shape index (κ1) is 16.2. The summed E-state index contributed by atoms with van der Waals surface area (Å²) in [4.78, 5) is 16.3. The molecule has 1 aromatic heterocycles. The van der Waals surface area contributed by atoms with Gasteiger partial charge in [0.05, 0.1) is 10.2 Å². The molecule has 1 heterocycles. The lowest BCUT2D eigenvalue weighted by atomic mass is 10.3. The topological polar surface area (TPSA) is 54.0 Å². The molecule has 0 fully saturated rings. The molecule has 0 unspecified atom stereocenters. The van der Waals surface area contributed by atoms with Crippen molar-refractivity contribution in [2.45, 2.75) is 6.42 Å². The SMILES string of the molecule is O=C(C=Cc1nc2ccccc2s1)NCCCNc1ccccc1. The Kier molecular flexibility index (Phi) is 5.58. The van der Waals surface area contributed by atoms with Gasteiger partial charge in [0.2, 0.25) is 5.91 Å². The first-order chi connectivity index (χ1) is 11.8. The predicted molar refractivity (Wildman–Crippen MR) is 101 cm³/mol. The molecule has 0 aliphatic heterocycles. The fraction of sp³-hybridized carbons (Fsp3) is 0.158. The van der Waals surface area contributed by atoms with Crippen LogP contribution in [0.2, 0.25) is 0 Å². The highest BCUT2D eigenvalue weighted by Gasteiger charge is 2.00. The Labute approximate surface area is 145 Å². The zero-order valence-corrected chi connectivity index (χ0v) is 14.1. The maximum atomic E-state index is 11.8. The number of nitrogens with zero attached hydrogens (tertiary/aromatic N) is 1. The Morgan fingerprint density at radius 3 is 2.67 bits per heavy atom. The summed E-state index contributed by atoms with van der Waals surface area (Å²) >= 11 is 1.58. The lowest BCUT2D eigenvalue weighted by Crippen LogP contribution is -2.23. The number of rotatable bonds is 7. The van der Waals surface area contributed by atoms with Crippen molar-refractivity contribution in [3.8, 4) is 0 Å². The van der Waals surface area contributed by atoms with E-state index in [0.29, 0.717) is 6.54 Å². The van der Waals surface area contributed by atoms with Crippen molar-refractivity contribution in [2.24, 2.45) is 0 Å². The summed E-state index contributed by atoms with van der Waals surface area (Å²) < 4.78 is 1.13. The van der Waals surface area contributed by atoms with Crippen LogP contribution in [0.25, 0.3) is 16.3 Å². The number of thiazole rings is 1. The van der Waals surface area contributed by atoms with Crippen LogP contribution in [0.1, 0.15) is 11.4 Å². The molecule has 0 radical (unpaired) electrons. The first-order valence-electron chi connectivity index (χ1n) is 7.92. The van der Waals surface area contributed by atoms with Gasteiger partial charge in [-0.3, -0.25) is 4.79 Å². The van der Waals surface area contributed by atoms with Crippen LogP contribution >= 0.6 is 11.3 Å². The zero-order valence-electron chi connectivity index (χ0n) is 13.2. The number of amides is 1. The van der Waals surface area contributed by atoms with Gasteiger partial charge in [-0.25, -0.2) is 4.98 Å². The minimum atomic E-state index is -0.0889. The van der Waals surface area contributed by atoms with E-state index in [4.69, 9.17) is 0 Å². The summed E-state index contributed by atoms with van der Waals surface area (Å²) in [5.74, 6) is -0.0889. The molecular formula is C19H19N3OS. The zero-order chi connectivity index (χ0) is 16.6. The van der Waals surface area contributed by atoms with Crippen LogP contribution in [-0.4, -0.2) is 24.0 Å². The van der Waals surface area contributed by atoms with Gasteiger partial charge in [0, 0.05) is 24.9 Å². The van der Waals surface area contributed by atoms with Crippen LogP contribution in [0.15, 0.2) is 60.7 Å². The van der Waals surface area contributed by atoms with Crippen LogP contribution in [-0.2, 0) is 4.79 Å².